The van der Waals surface area contributed by atoms with Gasteiger partial charge in [-0.15, -0.1) is 0 Å². The van der Waals surface area contributed by atoms with Crippen LogP contribution in [-0.4, -0.2) is 27.6 Å². The van der Waals surface area contributed by atoms with E-state index >= 15 is 0 Å². The lowest BCUT2D eigenvalue weighted by molar-refractivity contribution is -0.0498. The van der Waals surface area contributed by atoms with Gasteiger partial charge >= 0.3 is 6.61 Å². The summed E-state index contributed by atoms with van der Waals surface area (Å²) in [6.07, 6.45) is 1.42. The van der Waals surface area contributed by atoms with Crippen LogP contribution in [0.25, 0.3) is 11.3 Å². The van der Waals surface area contributed by atoms with Crippen LogP contribution < -0.4 is 10.1 Å². The van der Waals surface area contributed by atoms with E-state index in [2.05, 4.69) is 25.2 Å². The van der Waals surface area contributed by atoms with Crippen molar-refractivity contribution in [2.24, 2.45) is 0 Å². The number of imidazole rings is 1. The Morgan fingerprint density at radius 1 is 1.33 bits per heavy atom. The van der Waals surface area contributed by atoms with E-state index in [9.17, 15) is 13.6 Å². The average Bonchev–Trinajstić information content (AvgIpc) is 3.16. The second kappa shape index (κ2) is 6.49. The van der Waals surface area contributed by atoms with E-state index < -0.39 is 12.5 Å². The maximum Gasteiger partial charge on any atom is 0.387 e. The zero-order valence-corrected chi connectivity index (χ0v) is 12.4. The number of rotatable bonds is 5. The summed E-state index contributed by atoms with van der Waals surface area (Å²) in [4.78, 5) is 18.7. The molecule has 3 rings (SSSR count). The summed E-state index contributed by atoms with van der Waals surface area (Å²) in [6, 6.07) is 7.41. The number of amides is 1. The third-order valence-corrected chi connectivity index (χ3v) is 3.17. The summed E-state index contributed by atoms with van der Waals surface area (Å²) in [6.45, 7) is -1.16. The van der Waals surface area contributed by atoms with Gasteiger partial charge < -0.3 is 14.2 Å². The van der Waals surface area contributed by atoms with Crippen molar-refractivity contribution >= 4 is 11.8 Å². The minimum absolute atomic E-state index is 0.0415. The molecule has 0 spiro atoms. The molecule has 124 valence electrons. The van der Waals surface area contributed by atoms with Crippen LogP contribution in [0.2, 0.25) is 0 Å². The molecule has 1 amide bonds. The van der Waals surface area contributed by atoms with Crippen LogP contribution in [0.15, 0.2) is 41.2 Å². The van der Waals surface area contributed by atoms with Gasteiger partial charge in [-0.1, -0.05) is 5.16 Å². The minimum Gasteiger partial charge on any atom is -0.435 e. The normalized spacial score (nSPS) is 10.8. The van der Waals surface area contributed by atoms with Crippen LogP contribution in [0.5, 0.6) is 5.75 Å². The molecule has 2 N–H and O–H groups in total. The molecule has 0 bridgehead atoms. The number of nitrogens with zero attached hydrogens (tertiary/aromatic N) is 2. The smallest absolute Gasteiger partial charge is 0.387 e. The Hall–Kier alpha value is -3.23. The summed E-state index contributed by atoms with van der Waals surface area (Å²) < 4.78 is 33.6. The number of benzene rings is 1. The average molecular weight is 334 g/mol. The van der Waals surface area contributed by atoms with Gasteiger partial charge in [-0.3, -0.25) is 10.1 Å². The standard InChI is InChI=1S/C15H12F2N4O3/c1-8-13(19-7-18-8)14(22)20-12-6-11(21-24-12)9-2-4-10(5-3-9)23-15(16)17/h2-7,15H,1H3,(H,18,19)(H,20,22). The maximum absolute atomic E-state index is 12.1. The first kappa shape index (κ1) is 15.7. The monoisotopic (exact) mass is 334 g/mol. The Labute approximate surface area is 134 Å². The van der Waals surface area contributed by atoms with E-state index in [0.29, 0.717) is 17.0 Å². The lowest BCUT2D eigenvalue weighted by Gasteiger charge is -2.04. The number of hydrogen-bond acceptors (Lipinski definition) is 5. The summed E-state index contributed by atoms with van der Waals surface area (Å²) in [5.41, 5.74) is 1.94. The highest BCUT2D eigenvalue weighted by Crippen LogP contribution is 2.25. The molecule has 2 aromatic heterocycles. The molecule has 2 heterocycles. The first-order chi connectivity index (χ1) is 11.5. The fourth-order valence-corrected chi connectivity index (χ4v) is 2.04. The van der Waals surface area contributed by atoms with Crippen molar-refractivity contribution < 1.29 is 22.8 Å². The van der Waals surface area contributed by atoms with E-state index in [1.807, 2.05) is 0 Å². The second-order valence-electron chi connectivity index (χ2n) is 4.81. The molecule has 0 aliphatic rings. The quantitative estimate of drug-likeness (QED) is 0.747. The number of halogens is 2. The van der Waals surface area contributed by atoms with Gasteiger partial charge in [0, 0.05) is 17.3 Å². The van der Waals surface area contributed by atoms with Crippen LogP contribution in [0, 0.1) is 6.92 Å². The molecule has 24 heavy (non-hydrogen) atoms. The van der Waals surface area contributed by atoms with Crippen LogP contribution in [0.3, 0.4) is 0 Å². The summed E-state index contributed by atoms with van der Waals surface area (Å²) in [5.74, 6) is -0.248. The Kier molecular flexibility index (Phi) is 4.23. The summed E-state index contributed by atoms with van der Waals surface area (Å²) in [5, 5.41) is 6.37. The second-order valence-corrected chi connectivity index (χ2v) is 4.81. The van der Waals surface area contributed by atoms with Gasteiger partial charge in [-0.2, -0.15) is 8.78 Å². The van der Waals surface area contributed by atoms with Crippen LogP contribution in [0.1, 0.15) is 16.2 Å². The van der Waals surface area contributed by atoms with Gasteiger partial charge in [0.05, 0.1) is 6.33 Å². The fourth-order valence-electron chi connectivity index (χ4n) is 2.04. The van der Waals surface area contributed by atoms with Gasteiger partial charge in [0.25, 0.3) is 5.91 Å². The van der Waals surface area contributed by atoms with Gasteiger partial charge in [-0.25, -0.2) is 4.98 Å². The Balaban J connectivity index is 1.71. The number of aromatic amines is 1. The van der Waals surface area contributed by atoms with Crippen molar-refractivity contribution in [3.05, 3.63) is 48.0 Å². The lowest BCUT2D eigenvalue weighted by atomic mass is 10.1. The number of nitrogens with one attached hydrogen (secondary N) is 2. The lowest BCUT2D eigenvalue weighted by Crippen LogP contribution is -2.13. The molecule has 0 radical (unpaired) electrons. The van der Waals surface area contributed by atoms with E-state index in [0.717, 1.165) is 0 Å². The third kappa shape index (κ3) is 3.40. The number of aromatic nitrogens is 3. The van der Waals surface area contributed by atoms with Crippen molar-refractivity contribution in [2.75, 3.05) is 5.32 Å². The molecule has 0 unspecified atom stereocenters. The fraction of sp³-hybridized carbons (Fsp3) is 0.133. The van der Waals surface area contributed by atoms with E-state index in [1.54, 1.807) is 19.1 Å². The Bertz CT molecular complexity index is 843. The highest BCUT2D eigenvalue weighted by atomic mass is 19.3. The summed E-state index contributed by atoms with van der Waals surface area (Å²) >= 11 is 0. The summed E-state index contributed by atoms with van der Waals surface area (Å²) in [7, 11) is 0. The topological polar surface area (TPSA) is 93.0 Å². The predicted octanol–water partition coefficient (Wildman–Crippen LogP) is 3.23. The molecule has 0 saturated carbocycles. The first-order valence-electron chi connectivity index (χ1n) is 6.86. The zero-order chi connectivity index (χ0) is 17.1. The molecule has 0 saturated heterocycles. The highest BCUT2D eigenvalue weighted by molar-refractivity contribution is 6.03. The number of aryl methyl sites for hydroxylation is 1. The number of hydrogen-bond donors (Lipinski definition) is 2. The van der Waals surface area contributed by atoms with E-state index in [4.69, 9.17) is 4.52 Å². The van der Waals surface area contributed by atoms with Gasteiger partial charge in [0.1, 0.15) is 17.1 Å². The van der Waals surface area contributed by atoms with Crippen molar-refractivity contribution in [1.29, 1.82) is 0 Å². The number of H-pyrrole nitrogens is 1. The number of anilines is 1. The van der Waals surface area contributed by atoms with E-state index in [-0.39, 0.29) is 17.3 Å². The Morgan fingerprint density at radius 3 is 2.71 bits per heavy atom. The largest absolute Gasteiger partial charge is 0.435 e. The molecular weight excluding hydrogens is 322 g/mol. The van der Waals surface area contributed by atoms with Gasteiger partial charge in [-0.05, 0) is 31.2 Å². The molecular formula is C15H12F2N4O3. The van der Waals surface area contributed by atoms with Crippen LogP contribution >= 0.6 is 0 Å². The van der Waals surface area contributed by atoms with Crippen LogP contribution in [0.4, 0.5) is 14.7 Å². The molecule has 0 aliphatic carbocycles. The van der Waals surface area contributed by atoms with E-state index in [1.165, 1.54) is 24.5 Å². The predicted molar refractivity (Wildman–Crippen MR) is 79.8 cm³/mol. The van der Waals surface area contributed by atoms with Crippen molar-refractivity contribution in [1.82, 2.24) is 15.1 Å². The molecule has 1 aromatic carbocycles. The SMILES string of the molecule is Cc1[nH]cnc1C(=O)Nc1cc(-c2ccc(OC(F)F)cc2)no1. The number of ether oxygens (including phenoxy) is 1. The first-order valence-corrected chi connectivity index (χ1v) is 6.86. The molecule has 0 fully saturated rings. The van der Waals surface area contributed by atoms with Gasteiger partial charge in [0.15, 0.2) is 0 Å². The zero-order valence-electron chi connectivity index (χ0n) is 12.4. The van der Waals surface area contributed by atoms with Crippen molar-refractivity contribution in [3.8, 4) is 17.0 Å². The molecule has 7 nitrogen and oxygen atoms in total. The Morgan fingerprint density at radius 2 is 2.08 bits per heavy atom. The number of carbonyl (C=O) groups is 1. The maximum atomic E-state index is 12.1. The van der Waals surface area contributed by atoms with Crippen molar-refractivity contribution in [2.45, 2.75) is 13.5 Å². The number of carbonyl (C=O) groups excluding carboxylic acids is 1. The van der Waals surface area contributed by atoms with Crippen molar-refractivity contribution in [3.63, 3.8) is 0 Å². The molecule has 9 heteroatoms. The molecule has 0 aliphatic heterocycles. The van der Waals surface area contributed by atoms with Gasteiger partial charge in [0.2, 0.25) is 5.88 Å². The third-order valence-electron chi connectivity index (χ3n) is 3.17. The molecule has 0 atom stereocenters. The minimum atomic E-state index is -2.88. The highest BCUT2D eigenvalue weighted by Gasteiger charge is 2.15. The molecule has 3 aromatic rings. The number of alkyl halides is 2. The van der Waals surface area contributed by atoms with Crippen LogP contribution in [-0.2, 0) is 0 Å².